The molecule has 0 saturated heterocycles. The Labute approximate surface area is 219 Å². The maximum absolute atomic E-state index is 6.50. The quantitative estimate of drug-likeness (QED) is 0.204. The zero-order valence-corrected chi connectivity index (χ0v) is 21.6. The Morgan fingerprint density at radius 1 is 0.757 bits per heavy atom. The van der Waals surface area contributed by atoms with Gasteiger partial charge >= 0.3 is 0 Å². The van der Waals surface area contributed by atoms with Crippen LogP contribution in [0.25, 0.3) is 0 Å². The zero-order chi connectivity index (χ0) is 25.5. The highest BCUT2D eigenvalue weighted by atomic mass is 16.5. The third-order valence-corrected chi connectivity index (χ3v) is 6.95. The van der Waals surface area contributed by atoms with Crippen LogP contribution in [0.2, 0.25) is 0 Å². The van der Waals surface area contributed by atoms with E-state index in [1.165, 1.54) is 11.1 Å². The second kappa shape index (κ2) is 11.9. The van der Waals surface area contributed by atoms with Crippen molar-refractivity contribution < 1.29 is 18.9 Å². The predicted octanol–water partition coefficient (Wildman–Crippen LogP) is 7.39. The highest BCUT2D eigenvalue weighted by Gasteiger charge is 2.32. The van der Waals surface area contributed by atoms with Crippen LogP contribution in [0.15, 0.2) is 97.1 Å². The van der Waals surface area contributed by atoms with E-state index in [1.54, 1.807) is 7.11 Å². The monoisotopic (exact) mass is 494 g/mol. The summed E-state index contributed by atoms with van der Waals surface area (Å²) in [6, 6.07) is 32.9. The van der Waals surface area contributed by atoms with Crippen LogP contribution >= 0.6 is 0 Å². The molecule has 0 spiro atoms. The summed E-state index contributed by atoms with van der Waals surface area (Å²) in [5.74, 6) is 3.94. The fourth-order valence-corrected chi connectivity index (χ4v) is 4.79. The second-order valence-corrected chi connectivity index (χ2v) is 9.53. The highest BCUT2D eigenvalue weighted by molar-refractivity contribution is 5.51. The molecule has 0 radical (unpaired) electrons. The molecule has 1 aliphatic heterocycles. The molecule has 2 unspecified atom stereocenters. The van der Waals surface area contributed by atoms with Gasteiger partial charge in [0.2, 0.25) is 0 Å². The van der Waals surface area contributed by atoms with Crippen LogP contribution in [-0.4, -0.2) is 19.8 Å². The summed E-state index contributed by atoms with van der Waals surface area (Å²) in [6.07, 6.45) is 2.67. The fraction of sp³-hybridized carbons (Fsp3) is 0.273. The molecule has 0 saturated carbocycles. The van der Waals surface area contributed by atoms with Gasteiger partial charge in [-0.3, -0.25) is 0 Å². The highest BCUT2D eigenvalue weighted by Crippen LogP contribution is 2.43. The normalized spacial score (nSPS) is 16.1. The van der Waals surface area contributed by atoms with Crippen LogP contribution in [0.4, 0.5) is 0 Å². The minimum absolute atomic E-state index is 0.0852. The van der Waals surface area contributed by atoms with Gasteiger partial charge in [-0.1, -0.05) is 67.6 Å². The molecule has 4 heteroatoms. The van der Waals surface area contributed by atoms with Crippen LogP contribution in [0, 0.1) is 0 Å². The molecule has 0 amide bonds. The molecule has 4 aromatic carbocycles. The molecule has 4 aromatic rings. The summed E-state index contributed by atoms with van der Waals surface area (Å²) >= 11 is 0. The molecule has 1 aliphatic rings. The number of hydrogen-bond acceptors (Lipinski definition) is 4. The largest absolute Gasteiger partial charge is 0.497 e. The van der Waals surface area contributed by atoms with Gasteiger partial charge in [0.15, 0.2) is 0 Å². The Morgan fingerprint density at radius 2 is 1.49 bits per heavy atom. The van der Waals surface area contributed by atoms with E-state index in [9.17, 15) is 0 Å². The molecule has 190 valence electrons. The number of rotatable bonds is 11. The first-order valence-electron chi connectivity index (χ1n) is 13.0. The Hall–Kier alpha value is -3.92. The van der Waals surface area contributed by atoms with Crippen LogP contribution in [0.5, 0.6) is 23.0 Å². The van der Waals surface area contributed by atoms with Crippen molar-refractivity contribution in [1.29, 1.82) is 0 Å². The molecule has 0 fully saturated rings. The molecule has 4 nitrogen and oxygen atoms in total. The molecule has 37 heavy (non-hydrogen) atoms. The van der Waals surface area contributed by atoms with E-state index < -0.39 is 0 Å². The molecule has 1 heterocycles. The van der Waals surface area contributed by atoms with Crippen molar-refractivity contribution >= 4 is 0 Å². The molecule has 5 rings (SSSR count). The molecule has 0 N–H and O–H groups in total. The second-order valence-electron chi connectivity index (χ2n) is 9.53. The number of benzene rings is 4. The number of aryl methyl sites for hydroxylation is 1. The first kappa shape index (κ1) is 24.8. The zero-order valence-electron chi connectivity index (χ0n) is 21.6. The SMILES string of the molecule is COc1ccc(CC2Oc3cc(CCCOc4ccccc4)c(OCc4ccccc4)cc3C2C)cc1. The van der Waals surface area contributed by atoms with E-state index in [1.807, 2.05) is 60.7 Å². The van der Waals surface area contributed by atoms with Crippen molar-refractivity contribution in [3.8, 4) is 23.0 Å². The minimum atomic E-state index is 0.0852. The van der Waals surface area contributed by atoms with E-state index in [0.717, 1.165) is 53.4 Å². The van der Waals surface area contributed by atoms with Crippen molar-refractivity contribution in [2.24, 2.45) is 0 Å². The summed E-state index contributed by atoms with van der Waals surface area (Å²) in [5.41, 5.74) is 4.77. The Balaban J connectivity index is 1.30. The smallest absolute Gasteiger partial charge is 0.123 e. The van der Waals surface area contributed by atoms with Gasteiger partial charge in [-0.15, -0.1) is 0 Å². The van der Waals surface area contributed by atoms with Gasteiger partial charge in [0.05, 0.1) is 13.7 Å². The number of hydrogen-bond donors (Lipinski definition) is 0. The molecule has 0 bridgehead atoms. The average molecular weight is 495 g/mol. The number of fused-ring (bicyclic) bond motifs is 1. The number of ether oxygens (including phenoxy) is 4. The topological polar surface area (TPSA) is 36.9 Å². The lowest BCUT2D eigenvalue weighted by atomic mass is 9.92. The molecule has 0 aromatic heterocycles. The Bertz CT molecular complexity index is 1270. The third-order valence-electron chi connectivity index (χ3n) is 6.95. The van der Waals surface area contributed by atoms with Crippen molar-refractivity contribution in [3.05, 3.63) is 119 Å². The summed E-state index contributed by atoms with van der Waals surface area (Å²) in [4.78, 5) is 0. The summed E-state index contributed by atoms with van der Waals surface area (Å²) in [7, 11) is 1.69. The van der Waals surface area contributed by atoms with E-state index in [4.69, 9.17) is 18.9 Å². The van der Waals surface area contributed by atoms with Gasteiger partial charge < -0.3 is 18.9 Å². The van der Waals surface area contributed by atoms with Crippen LogP contribution in [0.3, 0.4) is 0 Å². The summed E-state index contributed by atoms with van der Waals surface area (Å²) < 4.78 is 24.1. The lowest BCUT2D eigenvalue weighted by molar-refractivity contribution is 0.211. The summed E-state index contributed by atoms with van der Waals surface area (Å²) in [6.45, 7) is 3.43. The van der Waals surface area contributed by atoms with Crippen molar-refractivity contribution in [2.75, 3.05) is 13.7 Å². The maximum atomic E-state index is 6.50. The molecule has 2 atom stereocenters. The van der Waals surface area contributed by atoms with Crippen molar-refractivity contribution in [3.63, 3.8) is 0 Å². The third kappa shape index (κ3) is 6.26. The van der Waals surface area contributed by atoms with E-state index >= 15 is 0 Å². The first-order chi connectivity index (χ1) is 18.2. The fourth-order valence-electron chi connectivity index (χ4n) is 4.79. The Morgan fingerprint density at radius 3 is 2.22 bits per heavy atom. The first-order valence-corrected chi connectivity index (χ1v) is 13.0. The lowest BCUT2D eigenvalue weighted by Gasteiger charge is -2.15. The Kier molecular flexibility index (Phi) is 7.95. The van der Waals surface area contributed by atoms with Crippen molar-refractivity contribution in [1.82, 2.24) is 0 Å². The number of methoxy groups -OCH3 is 1. The molecular weight excluding hydrogens is 460 g/mol. The van der Waals surface area contributed by atoms with Gasteiger partial charge in [0.25, 0.3) is 0 Å². The number of para-hydroxylation sites is 1. The van der Waals surface area contributed by atoms with E-state index in [2.05, 4.69) is 43.3 Å². The maximum Gasteiger partial charge on any atom is 0.123 e. The minimum Gasteiger partial charge on any atom is -0.497 e. The van der Waals surface area contributed by atoms with Gasteiger partial charge in [0, 0.05) is 17.9 Å². The van der Waals surface area contributed by atoms with Crippen LogP contribution in [0.1, 0.15) is 41.5 Å². The lowest BCUT2D eigenvalue weighted by Crippen LogP contribution is -2.19. The van der Waals surface area contributed by atoms with Crippen LogP contribution in [-0.2, 0) is 19.4 Å². The standard InChI is InChI=1S/C33H34O4/c1-24-30-22-32(36-23-26-10-5-3-6-11-26)27(12-9-19-35-29-13-7-4-8-14-29)21-33(30)37-31(24)20-25-15-17-28(34-2)18-16-25/h3-8,10-11,13-18,21-22,24,31H,9,12,19-20,23H2,1-2H3. The van der Waals surface area contributed by atoms with Gasteiger partial charge in [0.1, 0.15) is 35.7 Å². The van der Waals surface area contributed by atoms with Crippen LogP contribution < -0.4 is 18.9 Å². The van der Waals surface area contributed by atoms with Gasteiger partial charge in [-0.05, 0) is 65.9 Å². The van der Waals surface area contributed by atoms with Gasteiger partial charge in [-0.25, -0.2) is 0 Å². The van der Waals surface area contributed by atoms with E-state index in [0.29, 0.717) is 13.2 Å². The van der Waals surface area contributed by atoms with E-state index in [-0.39, 0.29) is 12.0 Å². The summed E-state index contributed by atoms with van der Waals surface area (Å²) in [5, 5.41) is 0. The van der Waals surface area contributed by atoms with Crippen molar-refractivity contribution in [2.45, 2.75) is 44.8 Å². The average Bonchev–Trinajstić information content (AvgIpc) is 3.24. The van der Waals surface area contributed by atoms with Gasteiger partial charge in [-0.2, -0.15) is 0 Å². The molecular formula is C33H34O4. The predicted molar refractivity (Wildman–Crippen MR) is 147 cm³/mol. The molecule has 0 aliphatic carbocycles.